The maximum atomic E-state index is 10.8. The second kappa shape index (κ2) is 6.89. The van der Waals surface area contributed by atoms with Gasteiger partial charge >= 0.3 is 5.97 Å². The van der Waals surface area contributed by atoms with Crippen molar-refractivity contribution in [3.8, 4) is 0 Å². The summed E-state index contributed by atoms with van der Waals surface area (Å²) in [5.41, 5.74) is 0.713. The summed E-state index contributed by atoms with van der Waals surface area (Å²) in [7, 11) is 0. The van der Waals surface area contributed by atoms with Crippen molar-refractivity contribution in [1.82, 2.24) is 0 Å². The lowest BCUT2D eigenvalue weighted by Crippen LogP contribution is -1.99. The molecule has 0 aliphatic rings. The molecule has 0 amide bonds. The van der Waals surface area contributed by atoms with E-state index in [0.717, 1.165) is 6.42 Å². The third kappa shape index (κ3) is 4.45. The molecule has 0 heterocycles. The molecular formula is C12H16O2. The molecule has 0 aliphatic heterocycles. The van der Waals surface area contributed by atoms with Gasteiger partial charge in [-0.2, -0.15) is 0 Å². The van der Waals surface area contributed by atoms with E-state index in [-0.39, 0.29) is 5.97 Å². The number of hydrogen-bond donors (Lipinski definition) is 0. The summed E-state index contributed by atoms with van der Waals surface area (Å²) in [6.45, 7) is 10.6. The van der Waals surface area contributed by atoms with Crippen molar-refractivity contribution in [2.75, 3.05) is 0 Å². The summed E-state index contributed by atoms with van der Waals surface area (Å²) in [6.07, 6.45) is 7.74. The normalized spacial score (nSPS) is 9.57. The zero-order chi connectivity index (χ0) is 11.0. The lowest BCUT2D eigenvalue weighted by Gasteiger charge is -2.04. The van der Waals surface area contributed by atoms with Gasteiger partial charge in [0, 0.05) is 12.5 Å². The van der Waals surface area contributed by atoms with Crippen LogP contribution in [-0.2, 0) is 9.53 Å². The number of carbonyl (C=O) groups is 1. The number of hydrogen-bond acceptors (Lipinski definition) is 2. The molecule has 0 fully saturated rings. The van der Waals surface area contributed by atoms with Gasteiger partial charge in [0.1, 0.15) is 5.76 Å². The predicted molar refractivity (Wildman–Crippen MR) is 58.6 cm³/mol. The van der Waals surface area contributed by atoms with Gasteiger partial charge < -0.3 is 4.74 Å². The van der Waals surface area contributed by atoms with Gasteiger partial charge in [-0.15, -0.1) is 0 Å². The minimum absolute atomic E-state index is 0.345. The third-order valence-electron chi connectivity index (χ3n) is 1.48. The van der Waals surface area contributed by atoms with E-state index >= 15 is 0 Å². The highest BCUT2D eigenvalue weighted by molar-refractivity contribution is 5.68. The van der Waals surface area contributed by atoms with Gasteiger partial charge in [-0.25, -0.2) is 0 Å². The van der Waals surface area contributed by atoms with Crippen LogP contribution in [0.2, 0.25) is 0 Å². The number of rotatable bonds is 5. The average Bonchev–Trinajstić information content (AvgIpc) is 2.15. The molecule has 0 radical (unpaired) electrons. The molecule has 0 saturated carbocycles. The number of allylic oxidation sites excluding steroid dienone is 5. The van der Waals surface area contributed by atoms with Gasteiger partial charge in [0.15, 0.2) is 0 Å². The van der Waals surface area contributed by atoms with E-state index in [2.05, 4.69) is 13.2 Å². The fourth-order valence-electron chi connectivity index (χ4n) is 0.853. The minimum atomic E-state index is -0.345. The van der Waals surface area contributed by atoms with Crippen molar-refractivity contribution in [1.29, 1.82) is 0 Å². The van der Waals surface area contributed by atoms with E-state index in [1.54, 1.807) is 18.2 Å². The van der Waals surface area contributed by atoms with Crippen LogP contribution in [0.15, 0.2) is 48.8 Å². The molecule has 0 unspecified atom stereocenters. The van der Waals surface area contributed by atoms with Crippen LogP contribution in [-0.4, -0.2) is 5.97 Å². The Morgan fingerprint density at radius 2 is 1.93 bits per heavy atom. The summed E-state index contributed by atoms with van der Waals surface area (Å²) in [5, 5.41) is 0. The van der Waals surface area contributed by atoms with E-state index in [4.69, 9.17) is 4.74 Å². The fourth-order valence-corrected chi connectivity index (χ4v) is 0.853. The van der Waals surface area contributed by atoms with Gasteiger partial charge in [0.25, 0.3) is 0 Å². The number of esters is 1. The Morgan fingerprint density at radius 1 is 1.36 bits per heavy atom. The van der Waals surface area contributed by atoms with Crippen molar-refractivity contribution < 1.29 is 9.53 Å². The summed E-state index contributed by atoms with van der Waals surface area (Å²) in [6, 6.07) is 0. The van der Waals surface area contributed by atoms with E-state index < -0.39 is 0 Å². The molecule has 0 saturated heterocycles. The average molecular weight is 192 g/mol. The molecule has 0 aromatic rings. The molecule has 2 heteroatoms. The largest absolute Gasteiger partial charge is 0.426 e. The molecule has 76 valence electrons. The highest BCUT2D eigenvalue weighted by atomic mass is 16.5. The van der Waals surface area contributed by atoms with E-state index in [1.807, 2.05) is 13.0 Å². The standard InChI is InChI=1S/C12H16O2/c1-5-8-9-12(14-10(4)13)11(6-2)7-3/h6-9H,2-3,5H2,1,4H3/b9-8-. The van der Waals surface area contributed by atoms with Gasteiger partial charge in [0.05, 0.1) is 0 Å². The van der Waals surface area contributed by atoms with Crippen LogP contribution in [0, 0.1) is 0 Å². The summed E-state index contributed by atoms with van der Waals surface area (Å²) >= 11 is 0. The lowest BCUT2D eigenvalue weighted by atomic mass is 10.2. The Morgan fingerprint density at radius 3 is 2.29 bits per heavy atom. The van der Waals surface area contributed by atoms with Crippen LogP contribution in [0.1, 0.15) is 20.3 Å². The molecule has 0 rings (SSSR count). The zero-order valence-corrected chi connectivity index (χ0v) is 8.75. The number of ether oxygens (including phenoxy) is 1. The predicted octanol–water partition coefficient (Wildman–Crippen LogP) is 3.14. The minimum Gasteiger partial charge on any atom is -0.426 e. The molecule has 0 N–H and O–H groups in total. The number of carbonyl (C=O) groups excluding carboxylic acids is 1. The molecular weight excluding hydrogens is 176 g/mol. The molecule has 0 bridgehead atoms. The molecule has 14 heavy (non-hydrogen) atoms. The third-order valence-corrected chi connectivity index (χ3v) is 1.48. The van der Waals surface area contributed by atoms with Crippen molar-refractivity contribution in [3.05, 3.63) is 48.8 Å². The summed E-state index contributed by atoms with van der Waals surface area (Å²) < 4.78 is 5.01. The summed E-state index contributed by atoms with van der Waals surface area (Å²) in [5.74, 6) is 0.145. The van der Waals surface area contributed by atoms with Crippen LogP contribution < -0.4 is 0 Å². The van der Waals surface area contributed by atoms with Crippen LogP contribution in [0.4, 0.5) is 0 Å². The SMILES string of the molecule is C=CC(C=C)=C(/C=C\CC)OC(C)=O. The van der Waals surface area contributed by atoms with Crippen LogP contribution in [0.5, 0.6) is 0 Å². The van der Waals surface area contributed by atoms with Crippen LogP contribution in [0.25, 0.3) is 0 Å². The van der Waals surface area contributed by atoms with Crippen LogP contribution in [0.3, 0.4) is 0 Å². The van der Waals surface area contributed by atoms with E-state index in [1.165, 1.54) is 6.92 Å². The Labute approximate surface area is 85.3 Å². The molecule has 0 aliphatic carbocycles. The Hall–Kier alpha value is -1.57. The first-order chi connectivity index (χ1) is 6.65. The van der Waals surface area contributed by atoms with E-state index in [9.17, 15) is 4.79 Å². The quantitative estimate of drug-likeness (QED) is 0.380. The topological polar surface area (TPSA) is 26.3 Å². The van der Waals surface area contributed by atoms with E-state index in [0.29, 0.717) is 11.3 Å². The first-order valence-electron chi connectivity index (χ1n) is 4.49. The highest BCUT2D eigenvalue weighted by Crippen LogP contribution is 2.11. The fraction of sp³-hybridized carbons (Fsp3) is 0.250. The molecule has 2 nitrogen and oxygen atoms in total. The Bertz CT molecular complexity index is 273. The second-order valence-corrected chi connectivity index (χ2v) is 2.63. The van der Waals surface area contributed by atoms with Gasteiger partial charge in [-0.05, 0) is 12.5 Å². The van der Waals surface area contributed by atoms with Gasteiger partial charge in [0.2, 0.25) is 0 Å². The maximum Gasteiger partial charge on any atom is 0.308 e. The monoisotopic (exact) mass is 192 g/mol. The van der Waals surface area contributed by atoms with Crippen LogP contribution >= 0.6 is 0 Å². The van der Waals surface area contributed by atoms with Gasteiger partial charge in [-0.1, -0.05) is 38.3 Å². The lowest BCUT2D eigenvalue weighted by molar-refractivity contribution is -0.136. The summed E-state index contributed by atoms with van der Waals surface area (Å²) in [4.78, 5) is 10.8. The van der Waals surface area contributed by atoms with Gasteiger partial charge in [-0.3, -0.25) is 4.79 Å². The second-order valence-electron chi connectivity index (χ2n) is 2.63. The highest BCUT2D eigenvalue weighted by Gasteiger charge is 2.01. The first-order valence-corrected chi connectivity index (χ1v) is 4.49. The molecule has 0 aromatic heterocycles. The molecule has 0 spiro atoms. The smallest absolute Gasteiger partial charge is 0.308 e. The van der Waals surface area contributed by atoms with Crippen molar-refractivity contribution in [2.45, 2.75) is 20.3 Å². The maximum absolute atomic E-state index is 10.8. The first kappa shape index (κ1) is 12.4. The van der Waals surface area contributed by atoms with Crippen molar-refractivity contribution in [3.63, 3.8) is 0 Å². The van der Waals surface area contributed by atoms with Crippen molar-refractivity contribution in [2.24, 2.45) is 0 Å². The Balaban J connectivity index is 4.94. The zero-order valence-electron chi connectivity index (χ0n) is 8.75. The molecule has 0 atom stereocenters. The van der Waals surface area contributed by atoms with Crippen molar-refractivity contribution >= 4 is 5.97 Å². The Kier molecular flexibility index (Phi) is 6.12. The molecule has 0 aromatic carbocycles.